The van der Waals surface area contributed by atoms with E-state index in [-0.39, 0.29) is 0 Å². The van der Waals surface area contributed by atoms with Crippen LogP contribution in [0.4, 0.5) is 0 Å². The van der Waals surface area contributed by atoms with Gasteiger partial charge in [0.05, 0.1) is 19.8 Å². The Morgan fingerprint density at radius 3 is 3.25 bits per heavy atom. The Labute approximate surface area is 71.3 Å². The van der Waals surface area contributed by atoms with Crippen molar-refractivity contribution in [3.8, 4) is 0 Å². The first kappa shape index (κ1) is 7.71. The summed E-state index contributed by atoms with van der Waals surface area (Å²) >= 11 is 0. The topological polar surface area (TPSA) is 34.6 Å². The van der Waals surface area contributed by atoms with E-state index in [0.29, 0.717) is 19.3 Å². The molecule has 1 saturated heterocycles. The molecule has 12 heavy (non-hydrogen) atoms. The van der Waals surface area contributed by atoms with Crippen LogP contribution in [0.3, 0.4) is 0 Å². The molecule has 0 N–H and O–H groups in total. The first-order chi connectivity index (χ1) is 5.95. The van der Waals surface area contributed by atoms with E-state index in [0.717, 1.165) is 12.2 Å². The van der Waals surface area contributed by atoms with Gasteiger partial charge in [0.1, 0.15) is 6.10 Å². The fraction of sp³-hybridized carbons (Fsp3) is 0.444. The average molecular weight is 165 g/mol. The van der Waals surface area contributed by atoms with Crippen LogP contribution >= 0.6 is 0 Å². The van der Waals surface area contributed by atoms with E-state index in [2.05, 4.69) is 4.98 Å². The predicted molar refractivity (Wildman–Crippen MR) is 43.6 cm³/mol. The van der Waals surface area contributed by atoms with Gasteiger partial charge < -0.3 is 9.47 Å². The maximum absolute atomic E-state index is 5.38. The minimum absolute atomic E-state index is 0.349. The van der Waals surface area contributed by atoms with Crippen molar-refractivity contribution < 1.29 is 9.47 Å². The molecule has 1 atom stereocenters. The van der Waals surface area contributed by atoms with Crippen LogP contribution in [0.5, 0.6) is 0 Å². The normalized spacial score (nSPS) is 20.8. The molecule has 1 unspecified atom stereocenters. The quantitative estimate of drug-likeness (QED) is 0.624. The fourth-order valence-corrected chi connectivity index (χ4v) is 0.956. The largest absolute Gasteiger partial charge is 0.374 e. The van der Waals surface area contributed by atoms with Gasteiger partial charge in [-0.3, -0.25) is 4.98 Å². The number of ether oxygens (including phenoxy) is 2. The van der Waals surface area contributed by atoms with Gasteiger partial charge in [0, 0.05) is 12.4 Å². The molecular formula is C9H11NO2. The van der Waals surface area contributed by atoms with Crippen LogP contribution in [0.1, 0.15) is 5.56 Å². The van der Waals surface area contributed by atoms with Crippen molar-refractivity contribution in [3.05, 3.63) is 30.1 Å². The highest BCUT2D eigenvalue weighted by molar-refractivity contribution is 5.06. The molecule has 64 valence electrons. The molecule has 0 bridgehead atoms. The summed E-state index contributed by atoms with van der Waals surface area (Å²) in [5, 5.41) is 0. The molecular weight excluding hydrogens is 154 g/mol. The second-order valence-electron chi connectivity index (χ2n) is 2.83. The van der Waals surface area contributed by atoms with Crippen LogP contribution in [0, 0.1) is 0 Å². The molecule has 1 aromatic rings. The third-order valence-corrected chi connectivity index (χ3v) is 1.70. The Bertz CT molecular complexity index is 234. The van der Waals surface area contributed by atoms with Gasteiger partial charge in [0.2, 0.25) is 0 Å². The minimum Gasteiger partial charge on any atom is -0.374 e. The summed E-state index contributed by atoms with van der Waals surface area (Å²) in [6.07, 6.45) is 3.92. The van der Waals surface area contributed by atoms with Crippen LogP contribution in [-0.4, -0.2) is 24.3 Å². The predicted octanol–water partition coefficient (Wildman–Crippen LogP) is 0.997. The smallest absolute Gasteiger partial charge is 0.104 e. The zero-order valence-corrected chi connectivity index (χ0v) is 6.77. The van der Waals surface area contributed by atoms with E-state index < -0.39 is 0 Å². The highest BCUT2D eigenvalue weighted by atomic mass is 16.6. The van der Waals surface area contributed by atoms with Gasteiger partial charge in [-0.2, -0.15) is 0 Å². The standard InChI is InChI=1S/C9H11NO2/c1-2-8(4-10-3-1)5-11-6-9-7-12-9/h1-4,9H,5-7H2. The summed E-state index contributed by atoms with van der Waals surface area (Å²) < 4.78 is 10.4. The lowest BCUT2D eigenvalue weighted by atomic mass is 10.3. The summed E-state index contributed by atoms with van der Waals surface area (Å²) in [5.41, 5.74) is 1.11. The van der Waals surface area contributed by atoms with Gasteiger partial charge in [-0.05, 0) is 11.6 Å². The second-order valence-corrected chi connectivity index (χ2v) is 2.83. The number of hydrogen-bond donors (Lipinski definition) is 0. The highest BCUT2D eigenvalue weighted by Crippen LogP contribution is 2.09. The summed E-state index contributed by atoms with van der Waals surface area (Å²) in [7, 11) is 0. The zero-order valence-electron chi connectivity index (χ0n) is 6.77. The van der Waals surface area contributed by atoms with E-state index in [1.807, 2.05) is 18.3 Å². The number of pyridine rings is 1. The highest BCUT2D eigenvalue weighted by Gasteiger charge is 2.21. The molecule has 2 rings (SSSR count). The van der Waals surface area contributed by atoms with E-state index in [1.165, 1.54) is 0 Å². The molecule has 1 fully saturated rings. The molecule has 0 spiro atoms. The van der Waals surface area contributed by atoms with E-state index >= 15 is 0 Å². The van der Waals surface area contributed by atoms with Crippen molar-refractivity contribution in [3.63, 3.8) is 0 Å². The summed E-state index contributed by atoms with van der Waals surface area (Å²) in [4.78, 5) is 3.99. The van der Waals surface area contributed by atoms with Gasteiger partial charge in [-0.25, -0.2) is 0 Å². The van der Waals surface area contributed by atoms with Crippen molar-refractivity contribution in [1.82, 2.24) is 4.98 Å². The van der Waals surface area contributed by atoms with E-state index in [4.69, 9.17) is 9.47 Å². The maximum atomic E-state index is 5.38. The lowest BCUT2D eigenvalue weighted by molar-refractivity contribution is 0.104. The Balaban J connectivity index is 1.72. The van der Waals surface area contributed by atoms with E-state index in [9.17, 15) is 0 Å². The Morgan fingerprint density at radius 1 is 1.67 bits per heavy atom. The summed E-state index contributed by atoms with van der Waals surface area (Å²) in [6, 6.07) is 3.91. The zero-order chi connectivity index (χ0) is 8.23. The molecule has 0 amide bonds. The summed E-state index contributed by atoms with van der Waals surface area (Å²) in [5.74, 6) is 0. The molecule has 0 radical (unpaired) electrons. The van der Waals surface area contributed by atoms with Crippen LogP contribution in [0.2, 0.25) is 0 Å². The molecule has 0 aromatic carbocycles. The Hall–Kier alpha value is -0.930. The molecule has 3 nitrogen and oxygen atoms in total. The first-order valence-corrected chi connectivity index (χ1v) is 4.03. The van der Waals surface area contributed by atoms with Gasteiger partial charge >= 0.3 is 0 Å². The molecule has 3 heteroatoms. The number of rotatable bonds is 4. The third kappa shape index (κ3) is 2.29. The van der Waals surface area contributed by atoms with E-state index in [1.54, 1.807) is 6.20 Å². The van der Waals surface area contributed by atoms with Crippen LogP contribution < -0.4 is 0 Å². The second kappa shape index (κ2) is 3.65. The lowest BCUT2D eigenvalue weighted by Crippen LogP contribution is -2.01. The van der Waals surface area contributed by atoms with Gasteiger partial charge in [-0.15, -0.1) is 0 Å². The monoisotopic (exact) mass is 165 g/mol. The Morgan fingerprint density at radius 2 is 2.58 bits per heavy atom. The molecule has 1 aromatic heterocycles. The number of nitrogens with zero attached hydrogens (tertiary/aromatic N) is 1. The van der Waals surface area contributed by atoms with Gasteiger partial charge in [-0.1, -0.05) is 6.07 Å². The van der Waals surface area contributed by atoms with Crippen LogP contribution in [0.25, 0.3) is 0 Å². The maximum Gasteiger partial charge on any atom is 0.104 e. The number of hydrogen-bond acceptors (Lipinski definition) is 3. The van der Waals surface area contributed by atoms with Crippen molar-refractivity contribution in [2.45, 2.75) is 12.7 Å². The molecule has 0 aliphatic carbocycles. The minimum atomic E-state index is 0.349. The van der Waals surface area contributed by atoms with Crippen LogP contribution in [-0.2, 0) is 16.1 Å². The molecule has 1 aliphatic heterocycles. The molecule has 1 aliphatic rings. The SMILES string of the molecule is c1cncc(COCC2CO2)c1. The number of aromatic nitrogens is 1. The Kier molecular flexibility index (Phi) is 2.34. The average Bonchev–Trinajstić information content (AvgIpc) is 2.90. The lowest BCUT2D eigenvalue weighted by Gasteiger charge is -2.00. The van der Waals surface area contributed by atoms with Crippen LogP contribution in [0.15, 0.2) is 24.5 Å². The summed E-state index contributed by atoms with van der Waals surface area (Å²) in [6.45, 7) is 2.19. The van der Waals surface area contributed by atoms with Crippen molar-refractivity contribution >= 4 is 0 Å². The molecule has 2 heterocycles. The number of epoxide rings is 1. The van der Waals surface area contributed by atoms with Gasteiger partial charge in [0.25, 0.3) is 0 Å². The first-order valence-electron chi connectivity index (χ1n) is 4.03. The van der Waals surface area contributed by atoms with Crippen molar-refractivity contribution in [2.24, 2.45) is 0 Å². The molecule has 0 saturated carbocycles. The van der Waals surface area contributed by atoms with Crippen molar-refractivity contribution in [1.29, 1.82) is 0 Å². The van der Waals surface area contributed by atoms with Gasteiger partial charge in [0.15, 0.2) is 0 Å². The third-order valence-electron chi connectivity index (χ3n) is 1.70. The fourth-order valence-electron chi connectivity index (χ4n) is 0.956. The van der Waals surface area contributed by atoms with Crippen molar-refractivity contribution in [2.75, 3.05) is 13.2 Å².